The minimum Gasteiger partial charge on any atom is -0.423 e. The summed E-state index contributed by atoms with van der Waals surface area (Å²) < 4.78 is 53.1. The number of nitrogens with two attached hydrogens (primary N) is 2. The molecule has 16 heteroatoms. The van der Waals surface area contributed by atoms with Gasteiger partial charge in [-0.2, -0.15) is 0 Å². The van der Waals surface area contributed by atoms with Gasteiger partial charge in [0.25, 0.3) is 11.8 Å². The van der Waals surface area contributed by atoms with Crippen molar-refractivity contribution in [1.29, 1.82) is 0 Å². The molecule has 0 spiro atoms. The van der Waals surface area contributed by atoms with Crippen LogP contribution in [0.2, 0.25) is 0 Å². The van der Waals surface area contributed by atoms with E-state index >= 15 is 0 Å². The third-order valence-corrected chi connectivity index (χ3v) is 9.11. The van der Waals surface area contributed by atoms with E-state index in [1.807, 2.05) is 41.3 Å². The number of piperidine rings is 2. The summed E-state index contributed by atoms with van der Waals surface area (Å²) in [5.74, 6) is -4.65. The first-order valence-corrected chi connectivity index (χ1v) is 15.3. The zero-order valence-corrected chi connectivity index (χ0v) is 25.9. The van der Waals surface area contributed by atoms with Crippen LogP contribution < -0.4 is 26.7 Å². The van der Waals surface area contributed by atoms with Crippen LogP contribution in [-0.2, 0) is 0 Å². The number of hydrogen-bond acceptors (Lipinski definition) is 10. The first-order chi connectivity index (χ1) is 21.8. The average Bonchev–Trinajstić information content (AvgIpc) is 3.48. The van der Waals surface area contributed by atoms with E-state index in [0.717, 1.165) is 21.7 Å². The van der Waals surface area contributed by atoms with Gasteiger partial charge in [0.2, 0.25) is 0 Å². The highest BCUT2D eigenvalue weighted by Crippen LogP contribution is 2.60. The van der Waals surface area contributed by atoms with Gasteiger partial charge in [-0.05, 0) is 58.4 Å². The molecule has 4 fully saturated rings. The Balaban J connectivity index is 0.000000133. The predicted octanol–water partition coefficient (Wildman–Crippen LogP) is 3.32. The van der Waals surface area contributed by atoms with Gasteiger partial charge in [0.05, 0.1) is 29.4 Å². The number of hydrogen-bond donors (Lipinski definition) is 4. The SMILES string of the molecule is Nc1cccc(-c2ccc(N3CC4C(C3)C4(F)F)nc2)n1.Nc1cccc(Br)n1.OB(O)c1ccc(N2CC3C(C2)C3(F)F)nc1. The van der Waals surface area contributed by atoms with Gasteiger partial charge in [0.15, 0.2) is 0 Å². The molecule has 0 amide bonds. The Kier molecular flexibility index (Phi) is 8.54. The molecule has 4 aliphatic rings. The maximum atomic E-state index is 13.2. The lowest BCUT2D eigenvalue weighted by molar-refractivity contribution is 0.0791. The minimum atomic E-state index is -2.49. The van der Waals surface area contributed by atoms with Crippen molar-refractivity contribution in [2.24, 2.45) is 23.7 Å². The average molecular weight is 701 g/mol. The van der Waals surface area contributed by atoms with Crippen molar-refractivity contribution in [2.75, 3.05) is 47.4 Å². The summed E-state index contributed by atoms with van der Waals surface area (Å²) in [6, 6.07) is 17.7. The third kappa shape index (κ3) is 6.60. The van der Waals surface area contributed by atoms with Gasteiger partial charge in [-0.25, -0.2) is 37.5 Å². The maximum absolute atomic E-state index is 13.2. The second-order valence-electron chi connectivity index (χ2n) is 11.6. The van der Waals surface area contributed by atoms with E-state index in [4.69, 9.17) is 21.5 Å². The standard InChI is InChI=1S/C15H14F2N4.C10H11BF2N2O2.C5H5BrN2/c16-15(17)10-7-21(8-11(10)15)14-5-4-9(6-19-14)12-2-1-3-13(18)20-12;12-10(13)7-4-15(5-8(7)10)9-2-1-6(3-14-9)11(16)17;6-4-2-1-3-5(7)8-4/h1-6,10-11H,7-8H2,(H2,18,20);1-3,7-8,16-17H,4-5H2;1-3H,(H2,7,8). The fourth-order valence-corrected chi connectivity index (χ4v) is 6.25. The van der Waals surface area contributed by atoms with Gasteiger partial charge < -0.3 is 31.3 Å². The summed E-state index contributed by atoms with van der Waals surface area (Å²) in [6.07, 6.45) is 3.06. The molecule has 10 nitrogen and oxygen atoms in total. The highest BCUT2D eigenvalue weighted by Gasteiger charge is 2.72. The Bertz CT molecular complexity index is 1640. The van der Waals surface area contributed by atoms with E-state index in [9.17, 15) is 17.6 Å². The van der Waals surface area contributed by atoms with Crippen molar-refractivity contribution in [3.63, 3.8) is 0 Å². The van der Waals surface area contributed by atoms with Crippen molar-refractivity contribution in [1.82, 2.24) is 19.9 Å². The summed E-state index contributed by atoms with van der Waals surface area (Å²) in [7, 11) is -1.55. The monoisotopic (exact) mass is 700 g/mol. The Morgan fingerprint density at radius 3 is 1.59 bits per heavy atom. The molecular formula is C30H30BBrF4N8O2. The Morgan fingerprint density at radius 2 is 1.20 bits per heavy atom. The van der Waals surface area contributed by atoms with E-state index in [1.54, 1.807) is 29.3 Å². The molecule has 0 aromatic carbocycles. The second-order valence-corrected chi connectivity index (χ2v) is 12.5. The first kappa shape index (κ1) is 31.9. The second kappa shape index (κ2) is 12.3. The lowest BCUT2D eigenvalue weighted by atomic mass is 9.82. The molecule has 4 atom stereocenters. The Hall–Kier alpha value is -4.02. The van der Waals surface area contributed by atoms with Crippen molar-refractivity contribution in [3.8, 4) is 11.3 Å². The van der Waals surface area contributed by atoms with Crippen LogP contribution in [0.3, 0.4) is 0 Å². The zero-order chi connectivity index (χ0) is 32.8. The van der Waals surface area contributed by atoms with Crippen molar-refractivity contribution < 1.29 is 27.6 Å². The van der Waals surface area contributed by atoms with Crippen LogP contribution in [0.4, 0.5) is 40.8 Å². The van der Waals surface area contributed by atoms with Crippen molar-refractivity contribution >= 4 is 51.8 Å². The molecule has 2 saturated carbocycles. The maximum Gasteiger partial charge on any atom is 0.490 e. The molecule has 4 aromatic rings. The molecule has 2 aliphatic carbocycles. The number of fused-ring (bicyclic) bond motifs is 2. The van der Waals surface area contributed by atoms with E-state index in [-0.39, 0.29) is 0 Å². The minimum absolute atomic E-state index is 0.295. The van der Waals surface area contributed by atoms with Gasteiger partial charge in [-0.1, -0.05) is 18.2 Å². The van der Waals surface area contributed by atoms with Crippen LogP contribution in [0, 0.1) is 23.7 Å². The van der Waals surface area contributed by atoms with Crippen LogP contribution in [0.1, 0.15) is 0 Å². The summed E-state index contributed by atoms with van der Waals surface area (Å²) in [5, 5.41) is 17.8. The number of anilines is 4. The number of rotatable bonds is 4. The summed E-state index contributed by atoms with van der Waals surface area (Å²) in [5.41, 5.74) is 12.9. The van der Waals surface area contributed by atoms with Gasteiger partial charge in [-0.15, -0.1) is 0 Å². The molecular weight excluding hydrogens is 671 g/mol. The van der Waals surface area contributed by atoms with E-state index in [1.165, 1.54) is 12.3 Å². The van der Waals surface area contributed by atoms with Crippen LogP contribution in [-0.4, -0.2) is 75.1 Å². The summed E-state index contributed by atoms with van der Waals surface area (Å²) >= 11 is 3.17. The molecule has 8 rings (SSSR count). The highest BCUT2D eigenvalue weighted by molar-refractivity contribution is 9.10. The smallest absolute Gasteiger partial charge is 0.423 e. The third-order valence-electron chi connectivity index (χ3n) is 8.67. The van der Waals surface area contributed by atoms with Crippen LogP contribution in [0.15, 0.2) is 77.7 Å². The number of halogens is 5. The molecule has 240 valence electrons. The fraction of sp³-hybridized carbons (Fsp3) is 0.333. The molecule has 2 aliphatic heterocycles. The molecule has 6 heterocycles. The Morgan fingerprint density at radius 1 is 0.696 bits per heavy atom. The van der Waals surface area contributed by atoms with Crippen molar-refractivity contribution in [3.05, 3.63) is 77.7 Å². The summed E-state index contributed by atoms with van der Waals surface area (Å²) in [4.78, 5) is 20.2. The van der Waals surface area contributed by atoms with Crippen LogP contribution in [0.25, 0.3) is 11.3 Å². The van der Waals surface area contributed by atoms with Gasteiger partial charge >= 0.3 is 7.12 Å². The van der Waals surface area contributed by atoms with Gasteiger partial charge in [0.1, 0.15) is 27.9 Å². The zero-order valence-electron chi connectivity index (χ0n) is 24.3. The fourth-order valence-electron chi connectivity index (χ4n) is 5.89. The quantitative estimate of drug-likeness (QED) is 0.142. The largest absolute Gasteiger partial charge is 0.490 e. The number of alkyl halides is 4. The van der Waals surface area contributed by atoms with E-state index in [2.05, 4.69) is 35.9 Å². The summed E-state index contributed by atoms with van der Waals surface area (Å²) in [6.45, 7) is 1.43. The lowest BCUT2D eigenvalue weighted by Crippen LogP contribution is -2.32. The molecule has 46 heavy (non-hydrogen) atoms. The lowest BCUT2D eigenvalue weighted by Gasteiger charge is -2.20. The molecule has 0 radical (unpaired) electrons. The number of aromatic nitrogens is 4. The van der Waals surface area contributed by atoms with Crippen LogP contribution in [0.5, 0.6) is 0 Å². The molecule has 2 saturated heterocycles. The highest BCUT2D eigenvalue weighted by atomic mass is 79.9. The number of pyridine rings is 4. The number of nitrogen functional groups attached to an aromatic ring is 2. The first-order valence-electron chi connectivity index (χ1n) is 14.5. The Labute approximate surface area is 270 Å². The van der Waals surface area contributed by atoms with Crippen molar-refractivity contribution in [2.45, 2.75) is 11.8 Å². The van der Waals surface area contributed by atoms with E-state index in [0.29, 0.717) is 49.1 Å². The normalized spacial score (nSPS) is 24.1. The van der Waals surface area contributed by atoms with E-state index < -0.39 is 42.6 Å². The number of nitrogens with zero attached hydrogens (tertiary/aromatic N) is 6. The topological polar surface area (TPSA) is 151 Å². The molecule has 4 aromatic heterocycles. The molecule has 0 bridgehead atoms. The van der Waals surface area contributed by atoms with Gasteiger partial charge in [0, 0.05) is 49.6 Å². The molecule has 6 N–H and O–H groups in total. The predicted molar refractivity (Wildman–Crippen MR) is 171 cm³/mol. The van der Waals surface area contributed by atoms with Crippen LogP contribution >= 0.6 is 15.9 Å². The molecule has 4 unspecified atom stereocenters. The van der Waals surface area contributed by atoms with Gasteiger partial charge in [-0.3, -0.25) is 0 Å².